The maximum atomic E-state index is 13.1. The molecule has 0 saturated carbocycles. The number of hydrogen-bond acceptors (Lipinski definition) is 5. The van der Waals surface area contributed by atoms with Crippen LogP contribution in [0.4, 0.5) is 10.1 Å². The molecule has 0 unspecified atom stereocenters. The zero-order valence-electron chi connectivity index (χ0n) is 16.4. The van der Waals surface area contributed by atoms with E-state index in [1.165, 1.54) is 17.7 Å². The largest absolute Gasteiger partial charge is 0.439 e. The number of aliphatic hydroxyl groups excluding tert-OH is 1. The third-order valence-corrected chi connectivity index (χ3v) is 5.49. The quantitative estimate of drug-likeness (QED) is 0.625. The fourth-order valence-electron chi connectivity index (χ4n) is 3.71. The van der Waals surface area contributed by atoms with E-state index in [1.807, 2.05) is 6.07 Å². The minimum absolute atomic E-state index is 0.271. The highest BCUT2D eigenvalue weighted by molar-refractivity contribution is 5.56. The van der Waals surface area contributed by atoms with Gasteiger partial charge in [0.25, 0.3) is 0 Å². The third kappa shape index (κ3) is 5.02. The molecule has 0 bridgehead atoms. The van der Waals surface area contributed by atoms with Crippen molar-refractivity contribution in [2.45, 2.75) is 25.9 Å². The van der Waals surface area contributed by atoms with E-state index in [1.54, 1.807) is 18.3 Å². The molecule has 1 fully saturated rings. The van der Waals surface area contributed by atoms with Gasteiger partial charge in [0.1, 0.15) is 5.82 Å². The lowest BCUT2D eigenvalue weighted by atomic mass is 9.97. The number of oxazole rings is 1. The third-order valence-electron chi connectivity index (χ3n) is 5.49. The van der Waals surface area contributed by atoms with E-state index >= 15 is 0 Å². The summed E-state index contributed by atoms with van der Waals surface area (Å²) in [6.07, 6.45) is 3.77. The summed E-state index contributed by atoms with van der Waals surface area (Å²) in [6, 6.07) is 14.5. The zero-order valence-corrected chi connectivity index (χ0v) is 16.4. The average molecular weight is 395 g/mol. The van der Waals surface area contributed by atoms with E-state index in [0.717, 1.165) is 43.7 Å². The van der Waals surface area contributed by atoms with E-state index < -0.39 is 0 Å². The van der Waals surface area contributed by atoms with Crippen LogP contribution in [0.3, 0.4) is 0 Å². The number of piperidine rings is 1. The topological polar surface area (TPSA) is 61.5 Å². The number of anilines is 1. The molecular formula is C23H26FN3O2. The molecule has 2 heterocycles. The number of hydrogen-bond donors (Lipinski definition) is 2. The van der Waals surface area contributed by atoms with Crippen LogP contribution < -0.4 is 5.32 Å². The molecule has 2 aromatic carbocycles. The normalized spacial score (nSPS) is 15.5. The van der Waals surface area contributed by atoms with Crippen molar-refractivity contribution >= 4 is 5.69 Å². The number of halogens is 1. The number of rotatable bonds is 7. The van der Waals surface area contributed by atoms with Gasteiger partial charge in [-0.15, -0.1) is 0 Å². The van der Waals surface area contributed by atoms with Crippen molar-refractivity contribution < 1.29 is 13.9 Å². The van der Waals surface area contributed by atoms with Crippen LogP contribution in [-0.4, -0.2) is 34.7 Å². The molecule has 1 aliphatic rings. The minimum Gasteiger partial charge on any atom is -0.439 e. The Kier molecular flexibility index (Phi) is 6.22. The SMILES string of the molecule is OCC1CCN(Cc2ccccc2NCc2ncc(-c3ccc(F)cc3)o2)CC1. The summed E-state index contributed by atoms with van der Waals surface area (Å²) in [5.41, 5.74) is 3.11. The van der Waals surface area contributed by atoms with Gasteiger partial charge in [0.15, 0.2) is 5.76 Å². The molecular weight excluding hydrogens is 369 g/mol. The summed E-state index contributed by atoms with van der Waals surface area (Å²) in [5.74, 6) is 1.39. The highest BCUT2D eigenvalue weighted by Gasteiger charge is 2.19. The summed E-state index contributed by atoms with van der Waals surface area (Å²) in [4.78, 5) is 6.77. The van der Waals surface area contributed by atoms with Gasteiger partial charge in [-0.05, 0) is 67.7 Å². The average Bonchev–Trinajstić information content (AvgIpc) is 3.23. The van der Waals surface area contributed by atoms with E-state index in [4.69, 9.17) is 4.42 Å². The number of para-hydroxylation sites is 1. The van der Waals surface area contributed by atoms with Crippen LogP contribution >= 0.6 is 0 Å². The van der Waals surface area contributed by atoms with Gasteiger partial charge in [-0.3, -0.25) is 4.90 Å². The smallest absolute Gasteiger partial charge is 0.214 e. The number of benzene rings is 2. The lowest BCUT2D eigenvalue weighted by Crippen LogP contribution is -2.34. The van der Waals surface area contributed by atoms with Crippen LogP contribution in [0, 0.1) is 11.7 Å². The minimum atomic E-state index is -0.271. The first-order chi connectivity index (χ1) is 14.2. The molecule has 4 rings (SSSR count). The second-order valence-electron chi connectivity index (χ2n) is 7.54. The zero-order chi connectivity index (χ0) is 20.1. The Balaban J connectivity index is 1.37. The summed E-state index contributed by atoms with van der Waals surface area (Å²) >= 11 is 0. The van der Waals surface area contributed by atoms with Crippen molar-refractivity contribution in [3.8, 4) is 11.3 Å². The van der Waals surface area contributed by atoms with Gasteiger partial charge in [0.2, 0.25) is 5.89 Å². The molecule has 2 N–H and O–H groups in total. The first kappa shape index (κ1) is 19.6. The maximum Gasteiger partial charge on any atom is 0.214 e. The van der Waals surface area contributed by atoms with Crippen LogP contribution in [0.25, 0.3) is 11.3 Å². The Hall–Kier alpha value is -2.70. The summed E-state index contributed by atoms with van der Waals surface area (Å²) in [5, 5.41) is 12.7. The van der Waals surface area contributed by atoms with Gasteiger partial charge >= 0.3 is 0 Å². The molecule has 1 aromatic heterocycles. The summed E-state index contributed by atoms with van der Waals surface area (Å²) in [7, 11) is 0. The lowest BCUT2D eigenvalue weighted by molar-refractivity contribution is 0.127. The fourth-order valence-corrected chi connectivity index (χ4v) is 3.71. The molecule has 1 saturated heterocycles. The van der Waals surface area contributed by atoms with Crippen LogP contribution in [-0.2, 0) is 13.1 Å². The Morgan fingerprint density at radius 2 is 1.86 bits per heavy atom. The molecule has 29 heavy (non-hydrogen) atoms. The fraction of sp³-hybridized carbons (Fsp3) is 0.348. The second-order valence-corrected chi connectivity index (χ2v) is 7.54. The predicted molar refractivity (Wildman–Crippen MR) is 111 cm³/mol. The molecule has 5 nitrogen and oxygen atoms in total. The molecule has 0 amide bonds. The molecule has 0 spiro atoms. The van der Waals surface area contributed by atoms with Crippen molar-refractivity contribution in [3.63, 3.8) is 0 Å². The van der Waals surface area contributed by atoms with Crippen molar-refractivity contribution in [1.82, 2.24) is 9.88 Å². The molecule has 0 aliphatic carbocycles. The predicted octanol–water partition coefficient (Wildman–Crippen LogP) is 4.30. The maximum absolute atomic E-state index is 13.1. The van der Waals surface area contributed by atoms with Crippen molar-refractivity contribution in [3.05, 3.63) is 72.0 Å². The second kappa shape index (κ2) is 9.20. The monoisotopic (exact) mass is 395 g/mol. The summed E-state index contributed by atoms with van der Waals surface area (Å²) < 4.78 is 18.9. The van der Waals surface area contributed by atoms with Gasteiger partial charge < -0.3 is 14.8 Å². The Labute approximate surface area is 170 Å². The number of aromatic nitrogens is 1. The molecule has 152 valence electrons. The number of nitrogens with one attached hydrogen (secondary N) is 1. The highest BCUT2D eigenvalue weighted by atomic mass is 19.1. The Morgan fingerprint density at radius 3 is 2.62 bits per heavy atom. The number of aliphatic hydroxyl groups is 1. The van der Waals surface area contributed by atoms with Crippen molar-refractivity contribution in [1.29, 1.82) is 0 Å². The van der Waals surface area contributed by atoms with E-state index in [2.05, 4.69) is 33.4 Å². The van der Waals surface area contributed by atoms with Crippen LogP contribution in [0.5, 0.6) is 0 Å². The molecule has 3 aromatic rings. The highest BCUT2D eigenvalue weighted by Crippen LogP contribution is 2.24. The van der Waals surface area contributed by atoms with E-state index in [9.17, 15) is 9.50 Å². The van der Waals surface area contributed by atoms with Gasteiger partial charge in [-0.1, -0.05) is 18.2 Å². The van der Waals surface area contributed by atoms with Gasteiger partial charge in [0, 0.05) is 24.4 Å². The number of nitrogens with zero attached hydrogens (tertiary/aromatic N) is 2. The van der Waals surface area contributed by atoms with Gasteiger partial charge in [0.05, 0.1) is 12.7 Å². The van der Waals surface area contributed by atoms with Crippen LogP contribution in [0.2, 0.25) is 0 Å². The molecule has 0 atom stereocenters. The van der Waals surface area contributed by atoms with E-state index in [0.29, 0.717) is 30.7 Å². The summed E-state index contributed by atoms with van der Waals surface area (Å²) in [6.45, 7) is 3.68. The molecule has 0 radical (unpaired) electrons. The van der Waals surface area contributed by atoms with Crippen LogP contribution in [0.15, 0.2) is 59.1 Å². The number of likely N-dealkylation sites (tertiary alicyclic amines) is 1. The first-order valence-corrected chi connectivity index (χ1v) is 10.1. The first-order valence-electron chi connectivity index (χ1n) is 10.1. The Bertz CT molecular complexity index is 918. The lowest BCUT2D eigenvalue weighted by Gasteiger charge is -2.31. The van der Waals surface area contributed by atoms with Gasteiger partial charge in [-0.2, -0.15) is 0 Å². The van der Waals surface area contributed by atoms with E-state index in [-0.39, 0.29) is 5.82 Å². The Morgan fingerprint density at radius 1 is 1.10 bits per heavy atom. The van der Waals surface area contributed by atoms with Crippen LogP contribution in [0.1, 0.15) is 24.3 Å². The van der Waals surface area contributed by atoms with Gasteiger partial charge in [-0.25, -0.2) is 9.37 Å². The molecule has 6 heteroatoms. The van der Waals surface area contributed by atoms with Crippen molar-refractivity contribution in [2.75, 3.05) is 25.0 Å². The van der Waals surface area contributed by atoms with Crippen molar-refractivity contribution in [2.24, 2.45) is 5.92 Å². The molecule has 1 aliphatic heterocycles. The standard InChI is InChI=1S/C23H26FN3O2/c24-20-7-5-18(6-8-20)22-13-26-23(29-22)14-25-21-4-2-1-3-19(21)15-27-11-9-17(16-28)10-12-27/h1-8,13,17,25,28H,9-12,14-16H2.